The van der Waals surface area contributed by atoms with Gasteiger partial charge in [0.05, 0.1) is 12.4 Å². The van der Waals surface area contributed by atoms with Crippen molar-refractivity contribution in [3.63, 3.8) is 0 Å². The van der Waals surface area contributed by atoms with Crippen LogP contribution in [0.15, 0.2) is 24.3 Å². The Morgan fingerprint density at radius 3 is 2.45 bits per heavy atom. The largest absolute Gasteiger partial charge is 0.381 e. The highest BCUT2D eigenvalue weighted by Crippen LogP contribution is 2.03. The number of ether oxygens (including phenoxy) is 1. The summed E-state index contributed by atoms with van der Waals surface area (Å²) in [5.41, 5.74) is 5.78. The zero-order chi connectivity index (χ0) is 15.0. The summed E-state index contributed by atoms with van der Waals surface area (Å²) < 4.78 is 40.6. The molecule has 0 saturated carbocycles. The molecule has 20 heavy (non-hydrogen) atoms. The standard InChI is InChI=1S/C13H18FNO4S/c14-12-4-2-11(3-5-12)6-8-19-7-1-9-20(17,18)10-13(15)16/h2-5H,1,6-10H2,(H2,15,16). The van der Waals surface area contributed by atoms with Crippen molar-refractivity contribution >= 4 is 15.7 Å². The van der Waals surface area contributed by atoms with Crippen molar-refractivity contribution in [2.24, 2.45) is 5.73 Å². The average Bonchev–Trinajstić information content (AvgIpc) is 2.34. The van der Waals surface area contributed by atoms with E-state index in [1.54, 1.807) is 12.1 Å². The second kappa shape index (κ2) is 7.96. The summed E-state index contributed by atoms with van der Waals surface area (Å²) in [7, 11) is -3.42. The molecule has 112 valence electrons. The van der Waals surface area contributed by atoms with E-state index in [4.69, 9.17) is 10.5 Å². The molecule has 0 bridgehead atoms. The molecule has 0 heterocycles. The molecule has 1 amide bonds. The summed E-state index contributed by atoms with van der Waals surface area (Å²) in [4.78, 5) is 10.5. The topological polar surface area (TPSA) is 86.5 Å². The maximum absolute atomic E-state index is 12.7. The lowest BCUT2D eigenvalue weighted by atomic mass is 10.2. The summed E-state index contributed by atoms with van der Waals surface area (Å²) >= 11 is 0. The average molecular weight is 303 g/mol. The molecule has 2 N–H and O–H groups in total. The van der Waals surface area contributed by atoms with Crippen LogP contribution >= 0.6 is 0 Å². The van der Waals surface area contributed by atoms with E-state index in [2.05, 4.69) is 0 Å². The zero-order valence-electron chi connectivity index (χ0n) is 11.0. The van der Waals surface area contributed by atoms with Gasteiger partial charge in [0.1, 0.15) is 11.6 Å². The van der Waals surface area contributed by atoms with Crippen molar-refractivity contribution in [3.8, 4) is 0 Å². The van der Waals surface area contributed by atoms with Crippen LogP contribution in [0.5, 0.6) is 0 Å². The monoisotopic (exact) mass is 303 g/mol. The SMILES string of the molecule is NC(=O)CS(=O)(=O)CCCOCCc1ccc(F)cc1. The molecule has 0 unspecified atom stereocenters. The van der Waals surface area contributed by atoms with E-state index in [1.807, 2.05) is 0 Å². The number of sulfone groups is 1. The van der Waals surface area contributed by atoms with Crippen molar-refractivity contribution in [3.05, 3.63) is 35.6 Å². The number of amides is 1. The Labute approximate surface area is 117 Å². The predicted molar refractivity (Wildman–Crippen MR) is 73.4 cm³/mol. The molecule has 0 aliphatic carbocycles. The highest BCUT2D eigenvalue weighted by atomic mass is 32.2. The molecule has 0 aliphatic heterocycles. The van der Waals surface area contributed by atoms with Gasteiger partial charge in [-0.25, -0.2) is 12.8 Å². The molecule has 1 rings (SSSR count). The van der Waals surface area contributed by atoms with Crippen molar-refractivity contribution < 1.29 is 22.3 Å². The minimum absolute atomic E-state index is 0.119. The number of rotatable bonds is 9. The molecule has 1 aromatic rings. The first-order valence-corrected chi connectivity index (χ1v) is 8.02. The number of hydrogen-bond acceptors (Lipinski definition) is 4. The first-order chi connectivity index (χ1) is 9.39. The van der Waals surface area contributed by atoms with Crippen molar-refractivity contribution in [2.75, 3.05) is 24.7 Å². The van der Waals surface area contributed by atoms with E-state index in [0.717, 1.165) is 5.56 Å². The molecular formula is C13H18FNO4S. The van der Waals surface area contributed by atoms with E-state index in [1.165, 1.54) is 12.1 Å². The summed E-state index contributed by atoms with van der Waals surface area (Å²) in [5.74, 6) is -1.87. The fourth-order valence-electron chi connectivity index (χ4n) is 1.61. The number of nitrogens with two attached hydrogens (primary N) is 1. The second-order valence-electron chi connectivity index (χ2n) is 4.40. The summed E-state index contributed by atoms with van der Waals surface area (Å²) in [5, 5.41) is 0. The third kappa shape index (κ3) is 7.20. The van der Waals surface area contributed by atoms with Crippen LogP contribution in [0.3, 0.4) is 0 Å². The Morgan fingerprint density at radius 2 is 1.85 bits per heavy atom. The van der Waals surface area contributed by atoms with Gasteiger partial charge in [-0.3, -0.25) is 4.79 Å². The molecule has 1 aromatic carbocycles. The maximum Gasteiger partial charge on any atom is 0.232 e. The van der Waals surface area contributed by atoms with Crippen molar-refractivity contribution in [1.29, 1.82) is 0 Å². The zero-order valence-corrected chi connectivity index (χ0v) is 11.9. The molecule has 0 radical (unpaired) electrons. The first-order valence-electron chi connectivity index (χ1n) is 6.20. The van der Waals surface area contributed by atoms with E-state index in [0.29, 0.717) is 26.1 Å². The van der Waals surface area contributed by atoms with Crippen molar-refractivity contribution in [1.82, 2.24) is 0 Å². The van der Waals surface area contributed by atoms with Gasteiger partial charge in [0.25, 0.3) is 0 Å². The number of primary amides is 1. The lowest BCUT2D eigenvalue weighted by Crippen LogP contribution is -2.25. The molecule has 5 nitrogen and oxygen atoms in total. The third-order valence-corrected chi connectivity index (χ3v) is 4.19. The Bertz CT molecular complexity index is 528. The molecule has 0 aromatic heterocycles. The van der Waals surface area contributed by atoms with E-state index in [9.17, 15) is 17.6 Å². The number of hydrogen-bond donors (Lipinski definition) is 1. The normalized spacial score (nSPS) is 11.4. The van der Waals surface area contributed by atoms with Gasteiger partial charge in [-0.1, -0.05) is 12.1 Å². The quantitative estimate of drug-likeness (QED) is 0.680. The second-order valence-corrected chi connectivity index (χ2v) is 6.58. The van der Waals surface area contributed by atoms with Gasteiger partial charge >= 0.3 is 0 Å². The minimum Gasteiger partial charge on any atom is -0.381 e. The Balaban J connectivity index is 2.13. The van der Waals surface area contributed by atoms with E-state index < -0.39 is 21.5 Å². The minimum atomic E-state index is -3.42. The number of benzene rings is 1. The van der Waals surface area contributed by atoms with Gasteiger partial charge < -0.3 is 10.5 Å². The van der Waals surface area contributed by atoms with Crippen LogP contribution in [-0.2, 0) is 25.8 Å². The smallest absolute Gasteiger partial charge is 0.232 e. The van der Waals surface area contributed by atoms with E-state index >= 15 is 0 Å². The lowest BCUT2D eigenvalue weighted by molar-refractivity contribution is -0.115. The molecule has 7 heteroatoms. The highest BCUT2D eigenvalue weighted by Gasteiger charge is 2.13. The molecule has 0 spiro atoms. The highest BCUT2D eigenvalue weighted by molar-refractivity contribution is 7.92. The number of carbonyl (C=O) groups excluding carboxylic acids is 1. The van der Waals surface area contributed by atoms with Crippen LogP contribution in [0.4, 0.5) is 4.39 Å². The first kappa shape index (κ1) is 16.6. The Hall–Kier alpha value is -1.47. The predicted octanol–water partition coefficient (Wildman–Crippen LogP) is 0.675. The van der Waals surface area contributed by atoms with Crippen LogP contribution in [0, 0.1) is 5.82 Å². The van der Waals surface area contributed by atoms with Crippen LogP contribution in [0.2, 0.25) is 0 Å². The summed E-state index contributed by atoms with van der Waals surface area (Å²) in [6, 6.07) is 6.11. The Morgan fingerprint density at radius 1 is 1.20 bits per heavy atom. The van der Waals surface area contributed by atoms with Crippen LogP contribution < -0.4 is 5.73 Å². The summed E-state index contributed by atoms with van der Waals surface area (Å²) in [6.07, 6.45) is 0.952. The van der Waals surface area contributed by atoms with Crippen LogP contribution in [-0.4, -0.2) is 39.0 Å². The molecule has 0 saturated heterocycles. The van der Waals surface area contributed by atoms with Crippen LogP contribution in [0.1, 0.15) is 12.0 Å². The fraction of sp³-hybridized carbons (Fsp3) is 0.462. The number of halogens is 1. The van der Waals surface area contributed by atoms with Gasteiger partial charge in [-0.15, -0.1) is 0 Å². The molecule has 0 atom stereocenters. The molecule has 0 aliphatic rings. The fourth-order valence-corrected chi connectivity index (χ4v) is 2.75. The van der Waals surface area contributed by atoms with Gasteiger partial charge in [-0.05, 0) is 30.5 Å². The van der Waals surface area contributed by atoms with Gasteiger partial charge in [0, 0.05) is 6.61 Å². The van der Waals surface area contributed by atoms with E-state index in [-0.39, 0.29) is 11.6 Å². The Kier molecular flexibility index (Phi) is 6.60. The molecule has 0 fully saturated rings. The lowest BCUT2D eigenvalue weighted by Gasteiger charge is -2.05. The summed E-state index contributed by atoms with van der Waals surface area (Å²) in [6.45, 7) is 0.723. The van der Waals surface area contributed by atoms with Gasteiger partial charge in [-0.2, -0.15) is 0 Å². The van der Waals surface area contributed by atoms with Gasteiger partial charge in [0.15, 0.2) is 9.84 Å². The number of carbonyl (C=O) groups is 1. The third-order valence-electron chi connectivity index (χ3n) is 2.55. The van der Waals surface area contributed by atoms with Gasteiger partial charge in [0.2, 0.25) is 5.91 Å². The van der Waals surface area contributed by atoms with Crippen LogP contribution in [0.25, 0.3) is 0 Å². The van der Waals surface area contributed by atoms with Crippen molar-refractivity contribution in [2.45, 2.75) is 12.8 Å². The maximum atomic E-state index is 12.7. The molecular weight excluding hydrogens is 285 g/mol.